The summed E-state index contributed by atoms with van der Waals surface area (Å²) in [5.74, 6) is 0. The molecule has 0 aromatic carbocycles. The van der Waals surface area contributed by atoms with Crippen LogP contribution in [0, 0.1) is 0 Å². The highest BCUT2D eigenvalue weighted by Gasteiger charge is 2.27. The van der Waals surface area contributed by atoms with Gasteiger partial charge in [0, 0.05) is 12.8 Å². The molecule has 1 heterocycles. The normalized spacial score (nSPS) is 21.8. The minimum Gasteiger partial charge on any atom is -0.445 e. The Bertz CT molecular complexity index is 402. The summed E-state index contributed by atoms with van der Waals surface area (Å²) in [7, 11) is -1.30. The topological polar surface area (TPSA) is 59.0 Å². The SMILES string of the molecule is C=CCOC(=O)N1CCCC[C@@H]1C=N[S@@](=O)C(C)(C)C. The maximum absolute atomic E-state index is 11.9. The molecule has 5 nitrogen and oxygen atoms in total. The highest BCUT2D eigenvalue weighted by atomic mass is 32.2. The number of likely N-dealkylation sites (tertiary alicyclic amines) is 1. The molecule has 1 rings (SSSR count). The van der Waals surface area contributed by atoms with Gasteiger partial charge in [0.2, 0.25) is 0 Å². The van der Waals surface area contributed by atoms with Crippen LogP contribution >= 0.6 is 0 Å². The Balaban J connectivity index is 2.69. The van der Waals surface area contributed by atoms with Crippen LogP contribution < -0.4 is 0 Å². The summed E-state index contributed by atoms with van der Waals surface area (Å²) in [6, 6.07) is -0.132. The first-order valence-corrected chi connectivity index (χ1v) is 7.97. The zero-order valence-electron chi connectivity index (χ0n) is 12.5. The zero-order chi connectivity index (χ0) is 15.2. The van der Waals surface area contributed by atoms with Gasteiger partial charge in [0.05, 0.1) is 10.8 Å². The Morgan fingerprint density at radius 2 is 2.20 bits per heavy atom. The standard InChI is InChI=1S/C14H24N2O3S/c1-5-10-19-13(17)16-9-7-6-8-12(16)11-15-20(18)14(2,3)4/h5,11-12H,1,6-10H2,2-4H3/t12-,20+/m1/s1. The average molecular weight is 300 g/mol. The number of amides is 1. The molecule has 114 valence electrons. The first-order valence-electron chi connectivity index (χ1n) is 6.86. The number of hydrogen-bond donors (Lipinski definition) is 0. The van der Waals surface area contributed by atoms with Gasteiger partial charge < -0.3 is 9.64 Å². The lowest BCUT2D eigenvalue weighted by molar-refractivity contribution is 0.0958. The number of rotatable bonds is 4. The molecule has 20 heavy (non-hydrogen) atoms. The molecule has 0 saturated carbocycles. The van der Waals surface area contributed by atoms with E-state index in [0.717, 1.165) is 19.3 Å². The summed E-state index contributed by atoms with van der Waals surface area (Å²) in [5.41, 5.74) is 0. The van der Waals surface area contributed by atoms with Gasteiger partial charge in [-0.2, -0.15) is 4.40 Å². The molecule has 0 aromatic rings. The van der Waals surface area contributed by atoms with Crippen LogP contribution in [0.15, 0.2) is 17.1 Å². The van der Waals surface area contributed by atoms with Crippen LogP contribution in [0.4, 0.5) is 4.79 Å². The summed E-state index contributed by atoms with van der Waals surface area (Å²) < 4.78 is 20.7. The summed E-state index contributed by atoms with van der Waals surface area (Å²) >= 11 is 0. The van der Waals surface area contributed by atoms with Crippen molar-refractivity contribution < 1.29 is 13.7 Å². The lowest BCUT2D eigenvalue weighted by atomic mass is 10.0. The summed E-state index contributed by atoms with van der Waals surface area (Å²) in [5, 5.41) is 0. The molecular weight excluding hydrogens is 276 g/mol. The summed E-state index contributed by atoms with van der Waals surface area (Å²) in [6.45, 7) is 9.99. The van der Waals surface area contributed by atoms with Gasteiger partial charge in [-0.25, -0.2) is 9.00 Å². The van der Waals surface area contributed by atoms with E-state index in [1.54, 1.807) is 17.2 Å². The van der Waals surface area contributed by atoms with Gasteiger partial charge >= 0.3 is 6.09 Å². The molecular formula is C14H24N2O3S. The third-order valence-electron chi connectivity index (χ3n) is 2.96. The number of nitrogens with zero attached hydrogens (tertiary/aromatic N) is 2. The van der Waals surface area contributed by atoms with E-state index in [0.29, 0.717) is 6.54 Å². The third kappa shape index (κ3) is 5.07. The summed E-state index contributed by atoms with van der Waals surface area (Å²) in [6.07, 6.45) is 5.63. The molecule has 0 N–H and O–H groups in total. The number of carbonyl (C=O) groups excluding carboxylic acids is 1. The molecule has 1 aliphatic heterocycles. The number of piperidine rings is 1. The quantitative estimate of drug-likeness (QED) is 0.592. The number of ether oxygens (including phenoxy) is 1. The highest BCUT2D eigenvalue weighted by molar-refractivity contribution is 7.85. The first-order chi connectivity index (χ1) is 9.36. The predicted molar refractivity (Wildman–Crippen MR) is 82.3 cm³/mol. The van der Waals surface area contributed by atoms with Gasteiger partial charge in [-0.05, 0) is 40.0 Å². The zero-order valence-corrected chi connectivity index (χ0v) is 13.3. The molecule has 0 aromatic heterocycles. The molecule has 0 radical (unpaired) electrons. The average Bonchev–Trinajstić information content (AvgIpc) is 2.41. The Kier molecular flexibility index (Phi) is 6.39. The van der Waals surface area contributed by atoms with E-state index in [1.165, 1.54) is 0 Å². The fourth-order valence-electron chi connectivity index (χ4n) is 1.84. The largest absolute Gasteiger partial charge is 0.445 e. The fourth-order valence-corrected chi connectivity index (χ4v) is 2.40. The monoisotopic (exact) mass is 300 g/mol. The van der Waals surface area contributed by atoms with E-state index in [-0.39, 0.29) is 23.5 Å². The minimum atomic E-state index is -1.30. The van der Waals surface area contributed by atoms with Crippen LogP contribution in [0.25, 0.3) is 0 Å². The van der Waals surface area contributed by atoms with Crippen molar-refractivity contribution >= 4 is 23.3 Å². The van der Waals surface area contributed by atoms with E-state index in [4.69, 9.17) is 4.74 Å². The predicted octanol–water partition coefficient (Wildman–Crippen LogP) is 2.70. The third-order valence-corrected chi connectivity index (χ3v) is 4.32. The van der Waals surface area contributed by atoms with Gasteiger partial charge in [-0.3, -0.25) is 0 Å². The molecule has 2 atom stereocenters. The van der Waals surface area contributed by atoms with Crippen LogP contribution in [0.3, 0.4) is 0 Å². The molecule has 0 spiro atoms. The Hall–Kier alpha value is -1.17. The lowest BCUT2D eigenvalue weighted by Crippen LogP contribution is -2.45. The molecule has 1 aliphatic rings. The first kappa shape index (κ1) is 16.9. The van der Waals surface area contributed by atoms with Crippen molar-refractivity contribution in [1.29, 1.82) is 0 Å². The molecule has 0 bridgehead atoms. The van der Waals surface area contributed by atoms with E-state index in [1.807, 2.05) is 20.8 Å². The van der Waals surface area contributed by atoms with Crippen LogP contribution in [0.1, 0.15) is 40.0 Å². The van der Waals surface area contributed by atoms with Crippen LogP contribution in [0.2, 0.25) is 0 Å². The maximum atomic E-state index is 11.9. The molecule has 1 fully saturated rings. The van der Waals surface area contributed by atoms with Crippen molar-refractivity contribution in [2.24, 2.45) is 4.40 Å². The van der Waals surface area contributed by atoms with E-state index < -0.39 is 11.0 Å². The molecule has 1 saturated heterocycles. The second-order valence-corrected chi connectivity index (χ2v) is 7.67. The number of carbonyl (C=O) groups is 1. The van der Waals surface area contributed by atoms with Crippen LogP contribution in [-0.2, 0) is 15.7 Å². The second kappa shape index (κ2) is 7.57. The minimum absolute atomic E-state index is 0.132. The van der Waals surface area contributed by atoms with E-state index in [9.17, 15) is 9.00 Å². The Labute approximate surface area is 123 Å². The number of hydrogen-bond acceptors (Lipinski definition) is 3. The second-order valence-electron chi connectivity index (χ2n) is 5.74. The molecule has 1 amide bonds. The van der Waals surface area contributed by atoms with Crippen LogP contribution in [-0.4, -0.2) is 45.4 Å². The van der Waals surface area contributed by atoms with Crippen molar-refractivity contribution in [2.45, 2.75) is 50.8 Å². The van der Waals surface area contributed by atoms with Crippen molar-refractivity contribution in [2.75, 3.05) is 13.2 Å². The van der Waals surface area contributed by atoms with Gasteiger partial charge in [0.15, 0.2) is 0 Å². The molecule has 0 aliphatic carbocycles. The molecule has 6 heteroatoms. The molecule has 0 unspecified atom stereocenters. The van der Waals surface area contributed by atoms with E-state index in [2.05, 4.69) is 11.0 Å². The van der Waals surface area contributed by atoms with Crippen molar-refractivity contribution in [3.05, 3.63) is 12.7 Å². The van der Waals surface area contributed by atoms with Crippen molar-refractivity contribution in [1.82, 2.24) is 4.90 Å². The summed E-state index contributed by atoms with van der Waals surface area (Å²) in [4.78, 5) is 13.6. The smallest absolute Gasteiger partial charge is 0.410 e. The van der Waals surface area contributed by atoms with Crippen molar-refractivity contribution in [3.8, 4) is 0 Å². The van der Waals surface area contributed by atoms with Crippen molar-refractivity contribution in [3.63, 3.8) is 0 Å². The van der Waals surface area contributed by atoms with Gasteiger partial charge in [0.25, 0.3) is 0 Å². The van der Waals surface area contributed by atoms with Crippen LogP contribution in [0.5, 0.6) is 0 Å². The Morgan fingerprint density at radius 3 is 2.80 bits per heavy atom. The fraction of sp³-hybridized carbons (Fsp3) is 0.714. The van der Waals surface area contributed by atoms with Gasteiger partial charge in [-0.15, -0.1) is 0 Å². The maximum Gasteiger partial charge on any atom is 0.410 e. The lowest BCUT2D eigenvalue weighted by Gasteiger charge is -2.32. The highest BCUT2D eigenvalue weighted by Crippen LogP contribution is 2.18. The Morgan fingerprint density at radius 1 is 1.50 bits per heavy atom. The van der Waals surface area contributed by atoms with E-state index >= 15 is 0 Å². The van der Waals surface area contributed by atoms with Gasteiger partial charge in [-0.1, -0.05) is 12.7 Å². The van der Waals surface area contributed by atoms with Gasteiger partial charge in [0.1, 0.15) is 17.6 Å².